The second-order valence-corrected chi connectivity index (χ2v) is 9.02. The zero-order chi connectivity index (χ0) is 22.1. The topological polar surface area (TPSA) is 55.2 Å². The van der Waals surface area contributed by atoms with Crippen molar-refractivity contribution in [1.29, 1.82) is 0 Å². The highest BCUT2D eigenvalue weighted by Gasteiger charge is 2.24. The number of fused-ring (bicyclic) bond motifs is 2. The van der Waals surface area contributed by atoms with E-state index in [2.05, 4.69) is 6.07 Å². The summed E-state index contributed by atoms with van der Waals surface area (Å²) in [4.78, 5) is 32.8. The third-order valence-corrected chi connectivity index (χ3v) is 6.77. The van der Waals surface area contributed by atoms with Crippen LogP contribution in [0.5, 0.6) is 0 Å². The molecule has 1 aromatic heterocycles. The quantitative estimate of drug-likeness (QED) is 0.317. The van der Waals surface area contributed by atoms with Gasteiger partial charge in [-0.25, -0.2) is 4.98 Å². The number of anilines is 1. The lowest BCUT2D eigenvalue weighted by molar-refractivity contribution is -0.116. The minimum Gasteiger partial charge on any atom is -0.311 e. The second-order valence-electron chi connectivity index (χ2n) is 7.65. The summed E-state index contributed by atoms with van der Waals surface area (Å²) in [5.74, 6) is 0.214. The van der Waals surface area contributed by atoms with Gasteiger partial charge >= 0.3 is 0 Å². The summed E-state index contributed by atoms with van der Waals surface area (Å²) in [5, 5.41) is 1.69. The van der Waals surface area contributed by atoms with Gasteiger partial charge in [-0.05, 0) is 47.9 Å². The van der Waals surface area contributed by atoms with Gasteiger partial charge in [-0.3, -0.25) is 14.2 Å². The molecule has 4 aromatic rings. The van der Waals surface area contributed by atoms with Gasteiger partial charge in [0.15, 0.2) is 5.16 Å². The molecular formula is C25H20ClN3O2S. The van der Waals surface area contributed by atoms with Crippen molar-refractivity contribution >= 4 is 45.9 Å². The minimum absolute atomic E-state index is 0.0108. The molecule has 160 valence electrons. The number of rotatable bonds is 5. The monoisotopic (exact) mass is 461 g/mol. The van der Waals surface area contributed by atoms with E-state index in [4.69, 9.17) is 16.6 Å². The zero-order valence-electron chi connectivity index (χ0n) is 17.2. The average molecular weight is 462 g/mol. The van der Waals surface area contributed by atoms with E-state index in [1.807, 2.05) is 59.5 Å². The maximum Gasteiger partial charge on any atom is 0.262 e. The lowest BCUT2D eigenvalue weighted by Gasteiger charge is -2.18. The van der Waals surface area contributed by atoms with Crippen molar-refractivity contribution in [3.8, 4) is 0 Å². The SMILES string of the molecule is O=C(CSc1nc2ccccc2c(=O)n1Cc1cccc(Cl)c1)N1CCc2ccccc21. The number of thioether (sulfide) groups is 1. The van der Waals surface area contributed by atoms with Crippen LogP contribution in [0.3, 0.4) is 0 Å². The Morgan fingerprint density at radius 2 is 1.84 bits per heavy atom. The van der Waals surface area contributed by atoms with Crippen molar-refractivity contribution in [2.45, 2.75) is 18.1 Å². The Morgan fingerprint density at radius 1 is 1.03 bits per heavy atom. The summed E-state index contributed by atoms with van der Waals surface area (Å²) in [6.07, 6.45) is 0.861. The molecule has 0 bridgehead atoms. The number of nitrogens with zero attached hydrogens (tertiary/aromatic N) is 3. The number of halogens is 1. The van der Waals surface area contributed by atoms with Crippen LogP contribution >= 0.6 is 23.4 Å². The van der Waals surface area contributed by atoms with E-state index >= 15 is 0 Å². The number of hydrogen-bond donors (Lipinski definition) is 0. The van der Waals surface area contributed by atoms with Crippen LogP contribution in [0.15, 0.2) is 82.7 Å². The van der Waals surface area contributed by atoms with Crippen LogP contribution in [0.1, 0.15) is 11.1 Å². The fraction of sp³-hybridized carbons (Fsp3) is 0.160. The molecule has 32 heavy (non-hydrogen) atoms. The summed E-state index contributed by atoms with van der Waals surface area (Å²) in [6, 6.07) is 22.7. The number of carbonyl (C=O) groups excluding carboxylic acids is 1. The summed E-state index contributed by atoms with van der Waals surface area (Å²) in [6.45, 7) is 1.01. The molecule has 5 nitrogen and oxygen atoms in total. The molecule has 0 radical (unpaired) electrons. The van der Waals surface area contributed by atoms with E-state index in [1.54, 1.807) is 16.7 Å². The van der Waals surface area contributed by atoms with Crippen LogP contribution in [-0.2, 0) is 17.8 Å². The minimum atomic E-state index is -0.128. The Bertz CT molecular complexity index is 1390. The molecule has 2 heterocycles. The summed E-state index contributed by atoms with van der Waals surface area (Å²) in [5.41, 5.74) is 3.56. The van der Waals surface area contributed by atoms with Gasteiger partial charge in [-0.15, -0.1) is 0 Å². The smallest absolute Gasteiger partial charge is 0.262 e. The van der Waals surface area contributed by atoms with Gasteiger partial charge in [-0.2, -0.15) is 0 Å². The molecule has 5 rings (SSSR count). The maximum absolute atomic E-state index is 13.3. The van der Waals surface area contributed by atoms with Gasteiger partial charge in [0.05, 0.1) is 23.2 Å². The summed E-state index contributed by atoms with van der Waals surface area (Å²) < 4.78 is 1.63. The highest BCUT2D eigenvalue weighted by atomic mass is 35.5. The zero-order valence-corrected chi connectivity index (χ0v) is 18.8. The third-order valence-electron chi connectivity index (χ3n) is 5.57. The molecule has 1 aliphatic heterocycles. The van der Waals surface area contributed by atoms with Crippen LogP contribution < -0.4 is 10.5 Å². The molecule has 7 heteroatoms. The molecule has 1 amide bonds. The number of hydrogen-bond acceptors (Lipinski definition) is 4. The molecule has 1 aliphatic rings. The fourth-order valence-electron chi connectivity index (χ4n) is 4.02. The molecule has 0 unspecified atom stereocenters. The number of benzene rings is 3. The molecule has 0 N–H and O–H groups in total. The largest absolute Gasteiger partial charge is 0.311 e. The Kier molecular flexibility index (Phi) is 5.72. The lowest BCUT2D eigenvalue weighted by Crippen LogP contribution is -2.31. The molecule has 0 fully saturated rings. The van der Waals surface area contributed by atoms with E-state index in [-0.39, 0.29) is 17.2 Å². The van der Waals surface area contributed by atoms with Crippen LogP contribution in [0, 0.1) is 0 Å². The molecule has 0 atom stereocenters. The number of aromatic nitrogens is 2. The van der Waals surface area contributed by atoms with Crippen LogP contribution in [0.2, 0.25) is 5.02 Å². The third kappa shape index (κ3) is 4.04. The van der Waals surface area contributed by atoms with E-state index in [0.717, 1.165) is 17.7 Å². The highest BCUT2D eigenvalue weighted by Crippen LogP contribution is 2.29. The first-order valence-electron chi connectivity index (χ1n) is 10.4. The normalized spacial score (nSPS) is 12.8. The predicted molar refractivity (Wildman–Crippen MR) is 130 cm³/mol. The van der Waals surface area contributed by atoms with Crippen molar-refractivity contribution in [3.63, 3.8) is 0 Å². The second kappa shape index (κ2) is 8.81. The van der Waals surface area contributed by atoms with Gasteiger partial charge < -0.3 is 4.90 Å². The first kappa shape index (κ1) is 20.8. The average Bonchev–Trinajstić information content (AvgIpc) is 3.24. The molecule has 0 spiro atoms. The van der Waals surface area contributed by atoms with E-state index in [1.165, 1.54) is 17.3 Å². The van der Waals surface area contributed by atoms with Crippen LogP contribution in [0.25, 0.3) is 10.9 Å². The highest BCUT2D eigenvalue weighted by molar-refractivity contribution is 7.99. The van der Waals surface area contributed by atoms with Crippen molar-refractivity contribution in [3.05, 3.63) is 99.3 Å². The van der Waals surface area contributed by atoms with E-state index < -0.39 is 0 Å². The van der Waals surface area contributed by atoms with Crippen molar-refractivity contribution in [2.24, 2.45) is 0 Å². The lowest BCUT2D eigenvalue weighted by atomic mass is 10.2. The number of amides is 1. The molecule has 0 saturated carbocycles. The standard InChI is InChI=1S/C25H20ClN3O2S/c26-19-8-5-6-17(14-19)15-29-24(31)20-9-2-3-10-21(20)27-25(29)32-16-23(30)28-13-12-18-7-1-4-11-22(18)28/h1-11,14H,12-13,15-16H2. The maximum atomic E-state index is 13.3. The Hall–Kier alpha value is -3.09. The van der Waals surface area contributed by atoms with Gasteiger partial charge in [0.1, 0.15) is 0 Å². The first-order valence-corrected chi connectivity index (χ1v) is 11.7. The molecule has 3 aromatic carbocycles. The molecular weight excluding hydrogens is 442 g/mol. The van der Waals surface area contributed by atoms with Gasteiger partial charge in [0.25, 0.3) is 5.56 Å². The Labute approximate surface area is 194 Å². The van der Waals surface area contributed by atoms with Gasteiger partial charge in [0, 0.05) is 17.3 Å². The van der Waals surface area contributed by atoms with Gasteiger partial charge in [0.2, 0.25) is 5.91 Å². The fourth-order valence-corrected chi connectivity index (χ4v) is 5.10. The van der Waals surface area contributed by atoms with Crippen molar-refractivity contribution in [1.82, 2.24) is 9.55 Å². The van der Waals surface area contributed by atoms with Gasteiger partial charge in [-0.1, -0.05) is 65.8 Å². The number of para-hydroxylation sites is 2. The predicted octanol–water partition coefficient (Wildman–Crippen LogP) is 4.78. The summed E-state index contributed by atoms with van der Waals surface area (Å²) >= 11 is 7.44. The van der Waals surface area contributed by atoms with Crippen LogP contribution in [-0.4, -0.2) is 27.8 Å². The van der Waals surface area contributed by atoms with Crippen molar-refractivity contribution < 1.29 is 4.79 Å². The molecule has 0 aliphatic carbocycles. The Balaban J connectivity index is 1.46. The van der Waals surface area contributed by atoms with Crippen molar-refractivity contribution in [2.75, 3.05) is 17.2 Å². The van der Waals surface area contributed by atoms with E-state index in [0.29, 0.717) is 34.2 Å². The summed E-state index contributed by atoms with van der Waals surface area (Å²) in [7, 11) is 0. The number of carbonyl (C=O) groups is 1. The Morgan fingerprint density at radius 3 is 2.72 bits per heavy atom. The first-order chi connectivity index (χ1) is 15.6. The van der Waals surface area contributed by atoms with Crippen LogP contribution in [0.4, 0.5) is 5.69 Å². The molecule has 0 saturated heterocycles. The van der Waals surface area contributed by atoms with E-state index in [9.17, 15) is 9.59 Å².